The van der Waals surface area contributed by atoms with Crippen LogP contribution in [0, 0.1) is 0 Å². The normalized spacial score (nSPS) is 11.6. The standard InChI is InChI=1S/C15H19NO5S/c1-4-19-13-7-5-6-8-14(13)20-11-12-9-10-15(21-12)22(17,18)16(2)3/h5-10H,4,11H2,1-3H3. The lowest BCUT2D eigenvalue weighted by Gasteiger charge is -2.10. The summed E-state index contributed by atoms with van der Waals surface area (Å²) in [6.45, 7) is 2.54. The summed E-state index contributed by atoms with van der Waals surface area (Å²) in [5.41, 5.74) is 0. The summed E-state index contributed by atoms with van der Waals surface area (Å²) in [4.78, 5) is 0. The van der Waals surface area contributed by atoms with Crippen LogP contribution in [-0.2, 0) is 16.6 Å². The van der Waals surface area contributed by atoms with Crippen molar-refractivity contribution in [1.29, 1.82) is 0 Å². The van der Waals surface area contributed by atoms with Crippen LogP contribution in [0.3, 0.4) is 0 Å². The fourth-order valence-corrected chi connectivity index (χ4v) is 2.56. The molecular formula is C15H19NO5S. The highest BCUT2D eigenvalue weighted by Crippen LogP contribution is 2.27. The first kappa shape index (κ1) is 16.4. The highest BCUT2D eigenvalue weighted by atomic mass is 32.2. The molecule has 0 radical (unpaired) electrons. The molecule has 0 N–H and O–H groups in total. The van der Waals surface area contributed by atoms with Gasteiger partial charge in [-0.3, -0.25) is 0 Å². The molecule has 1 aromatic heterocycles. The zero-order valence-corrected chi connectivity index (χ0v) is 13.6. The third kappa shape index (κ3) is 3.61. The third-order valence-corrected chi connectivity index (χ3v) is 4.58. The summed E-state index contributed by atoms with van der Waals surface area (Å²) in [7, 11) is -0.668. The largest absolute Gasteiger partial charge is 0.490 e. The highest BCUT2D eigenvalue weighted by molar-refractivity contribution is 7.88. The molecule has 0 amide bonds. The maximum absolute atomic E-state index is 11.9. The van der Waals surface area contributed by atoms with Crippen LogP contribution in [0.25, 0.3) is 0 Å². The van der Waals surface area contributed by atoms with Crippen molar-refractivity contribution in [3.8, 4) is 11.5 Å². The van der Waals surface area contributed by atoms with E-state index in [-0.39, 0.29) is 11.7 Å². The molecule has 1 aromatic carbocycles. The van der Waals surface area contributed by atoms with Crippen LogP contribution in [0.2, 0.25) is 0 Å². The van der Waals surface area contributed by atoms with E-state index in [0.717, 1.165) is 4.31 Å². The van der Waals surface area contributed by atoms with Gasteiger partial charge in [0.25, 0.3) is 10.0 Å². The van der Waals surface area contributed by atoms with Crippen LogP contribution >= 0.6 is 0 Å². The number of hydrogen-bond donors (Lipinski definition) is 0. The van der Waals surface area contributed by atoms with Crippen molar-refractivity contribution in [3.63, 3.8) is 0 Å². The second kappa shape index (κ2) is 6.85. The first-order valence-corrected chi connectivity index (χ1v) is 8.25. The molecule has 0 saturated carbocycles. The van der Waals surface area contributed by atoms with Gasteiger partial charge in [0.1, 0.15) is 12.4 Å². The van der Waals surface area contributed by atoms with E-state index in [0.29, 0.717) is 23.9 Å². The van der Waals surface area contributed by atoms with Gasteiger partial charge >= 0.3 is 0 Å². The summed E-state index contributed by atoms with van der Waals surface area (Å²) in [6.07, 6.45) is 0. The fourth-order valence-electron chi connectivity index (χ4n) is 1.75. The Hall–Kier alpha value is -1.99. The van der Waals surface area contributed by atoms with Crippen LogP contribution in [0.5, 0.6) is 11.5 Å². The Kier molecular flexibility index (Phi) is 5.10. The van der Waals surface area contributed by atoms with Crippen LogP contribution in [0.4, 0.5) is 0 Å². The number of nitrogens with zero attached hydrogens (tertiary/aromatic N) is 1. The maximum Gasteiger partial charge on any atom is 0.275 e. The lowest BCUT2D eigenvalue weighted by Crippen LogP contribution is -2.21. The van der Waals surface area contributed by atoms with Crippen molar-refractivity contribution >= 4 is 10.0 Å². The van der Waals surface area contributed by atoms with Gasteiger partial charge in [0.15, 0.2) is 11.5 Å². The fraction of sp³-hybridized carbons (Fsp3) is 0.333. The summed E-state index contributed by atoms with van der Waals surface area (Å²) < 4.78 is 41.4. The molecule has 0 bridgehead atoms. The van der Waals surface area contributed by atoms with Crippen LogP contribution in [0.15, 0.2) is 45.9 Å². The number of rotatable bonds is 7. The molecule has 0 aliphatic carbocycles. The molecular weight excluding hydrogens is 306 g/mol. The van der Waals surface area contributed by atoms with Gasteiger partial charge in [-0.25, -0.2) is 12.7 Å². The predicted molar refractivity (Wildman–Crippen MR) is 81.5 cm³/mol. The number of para-hydroxylation sites is 2. The van der Waals surface area contributed by atoms with E-state index in [1.165, 1.54) is 20.2 Å². The Balaban J connectivity index is 2.09. The molecule has 120 valence electrons. The zero-order chi connectivity index (χ0) is 16.2. The molecule has 0 spiro atoms. The minimum absolute atomic E-state index is 0.103. The topological polar surface area (TPSA) is 69.0 Å². The molecule has 0 saturated heterocycles. The van der Waals surface area contributed by atoms with Gasteiger partial charge in [0, 0.05) is 14.1 Å². The van der Waals surface area contributed by atoms with Gasteiger partial charge in [0.05, 0.1) is 6.61 Å². The second-order valence-electron chi connectivity index (χ2n) is 4.68. The van der Waals surface area contributed by atoms with Crippen molar-refractivity contribution in [3.05, 3.63) is 42.2 Å². The van der Waals surface area contributed by atoms with Crippen molar-refractivity contribution in [2.24, 2.45) is 0 Å². The van der Waals surface area contributed by atoms with E-state index < -0.39 is 10.0 Å². The molecule has 0 aliphatic rings. The Morgan fingerprint density at radius 2 is 1.68 bits per heavy atom. The number of ether oxygens (including phenoxy) is 2. The second-order valence-corrected chi connectivity index (χ2v) is 6.76. The first-order valence-electron chi connectivity index (χ1n) is 6.81. The first-order chi connectivity index (χ1) is 10.4. The van der Waals surface area contributed by atoms with Crippen LogP contribution in [0.1, 0.15) is 12.7 Å². The molecule has 0 unspecified atom stereocenters. The Morgan fingerprint density at radius 1 is 1.05 bits per heavy atom. The molecule has 2 rings (SSSR count). The SMILES string of the molecule is CCOc1ccccc1OCc1ccc(S(=O)(=O)N(C)C)o1. The lowest BCUT2D eigenvalue weighted by atomic mass is 10.3. The van der Waals surface area contributed by atoms with Gasteiger partial charge in [-0.15, -0.1) is 0 Å². The third-order valence-electron chi connectivity index (χ3n) is 2.89. The summed E-state index contributed by atoms with van der Waals surface area (Å²) in [5, 5.41) is -0.103. The smallest absolute Gasteiger partial charge is 0.275 e. The van der Waals surface area contributed by atoms with E-state index in [9.17, 15) is 8.42 Å². The van der Waals surface area contributed by atoms with E-state index >= 15 is 0 Å². The summed E-state index contributed by atoms with van der Waals surface area (Å²) in [5.74, 6) is 1.64. The summed E-state index contributed by atoms with van der Waals surface area (Å²) in [6, 6.07) is 10.3. The van der Waals surface area contributed by atoms with Crippen molar-refractivity contribution in [2.75, 3.05) is 20.7 Å². The molecule has 1 heterocycles. The molecule has 2 aromatic rings. The van der Waals surface area contributed by atoms with Gasteiger partial charge in [0.2, 0.25) is 5.09 Å². The monoisotopic (exact) mass is 325 g/mol. The number of sulfonamides is 1. The van der Waals surface area contributed by atoms with Gasteiger partial charge in [-0.1, -0.05) is 12.1 Å². The number of hydrogen-bond acceptors (Lipinski definition) is 5. The molecule has 22 heavy (non-hydrogen) atoms. The van der Waals surface area contributed by atoms with Gasteiger partial charge in [-0.2, -0.15) is 0 Å². The van der Waals surface area contributed by atoms with Crippen molar-refractivity contribution in [2.45, 2.75) is 18.6 Å². The Bertz CT molecular complexity index is 721. The van der Waals surface area contributed by atoms with Gasteiger partial charge in [-0.05, 0) is 31.2 Å². The van der Waals surface area contributed by atoms with E-state index in [1.54, 1.807) is 12.1 Å². The quantitative estimate of drug-likeness (QED) is 0.782. The lowest BCUT2D eigenvalue weighted by molar-refractivity contribution is 0.238. The average molecular weight is 325 g/mol. The average Bonchev–Trinajstić information content (AvgIpc) is 2.96. The van der Waals surface area contributed by atoms with E-state index in [2.05, 4.69) is 0 Å². The van der Waals surface area contributed by atoms with Gasteiger partial charge < -0.3 is 13.9 Å². The van der Waals surface area contributed by atoms with Crippen LogP contribution < -0.4 is 9.47 Å². The highest BCUT2D eigenvalue weighted by Gasteiger charge is 2.21. The van der Waals surface area contributed by atoms with Crippen molar-refractivity contribution < 1.29 is 22.3 Å². The molecule has 0 fully saturated rings. The van der Waals surface area contributed by atoms with E-state index in [4.69, 9.17) is 13.9 Å². The minimum atomic E-state index is -3.57. The number of furan rings is 1. The zero-order valence-electron chi connectivity index (χ0n) is 12.8. The Labute approximate surface area is 130 Å². The van der Waals surface area contributed by atoms with Crippen LogP contribution in [-0.4, -0.2) is 33.4 Å². The van der Waals surface area contributed by atoms with E-state index in [1.807, 2.05) is 25.1 Å². The molecule has 6 nitrogen and oxygen atoms in total. The summed E-state index contributed by atoms with van der Waals surface area (Å²) >= 11 is 0. The Morgan fingerprint density at radius 3 is 2.27 bits per heavy atom. The molecule has 0 atom stereocenters. The predicted octanol–water partition coefficient (Wildman–Crippen LogP) is 2.51. The van der Waals surface area contributed by atoms with Crippen molar-refractivity contribution in [1.82, 2.24) is 4.31 Å². The molecule has 7 heteroatoms. The molecule has 0 aliphatic heterocycles. The number of benzene rings is 1. The minimum Gasteiger partial charge on any atom is -0.490 e. The maximum atomic E-state index is 11.9.